The molecule has 0 radical (unpaired) electrons. The van der Waals surface area contributed by atoms with Crippen molar-refractivity contribution in [2.24, 2.45) is 14.1 Å². The maximum Gasteiger partial charge on any atom is 0.262 e. The number of Topliss-reactive ketones (excluding diaryl/α,β-unsaturated/α-hetero) is 1. The average Bonchev–Trinajstić information content (AvgIpc) is 3.80. The number of carbonyl (C=O) groups is 3. The molecule has 0 aliphatic rings. The molecule has 14 heteroatoms. The number of amides is 2. The molecule has 0 saturated carbocycles. The second-order valence-corrected chi connectivity index (χ2v) is 19.9. The number of para-hydroxylation sites is 2. The summed E-state index contributed by atoms with van der Waals surface area (Å²) in [5.74, 6) is -2.62. The topological polar surface area (TPSA) is 111 Å². The third-order valence-electron chi connectivity index (χ3n) is 11.1. The predicted octanol–water partition coefficient (Wildman–Crippen LogP) is 10.7. The molecule has 382 valence electrons. The largest absolute Gasteiger partial charge is 1.00 e. The van der Waals surface area contributed by atoms with E-state index in [2.05, 4.69) is 161 Å². The molecule has 0 saturated heterocycles. The van der Waals surface area contributed by atoms with E-state index in [1.165, 1.54) is 55.9 Å². The Balaban J connectivity index is 0.000000352. The van der Waals surface area contributed by atoms with Gasteiger partial charge in [0.2, 0.25) is 11.9 Å². The minimum Gasteiger partial charge on any atom is -1.00 e. The lowest BCUT2D eigenvalue weighted by molar-refractivity contribution is -0.0000392. The van der Waals surface area contributed by atoms with Gasteiger partial charge >= 0.3 is 0 Å². The Labute approximate surface area is 457 Å². The number of nitrogens with one attached hydrogen (secondary N) is 2. The highest BCUT2D eigenvalue weighted by Gasteiger charge is 2.44. The zero-order valence-electron chi connectivity index (χ0n) is 43.1. The molecule has 7 rings (SSSR count). The van der Waals surface area contributed by atoms with Crippen molar-refractivity contribution in [3.8, 4) is 0 Å². The Hall–Kier alpha value is -5.64. The zero-order valence-corrected chi connectivity index (χ0v) is 48.4. The SMILES string of the molecule is C=CC.CC(=O)c1ccccc1NC(=O)c1c(C)nn(C)c1F.CCC/C=C(/C)c1ccccc1NC(=O)c1c(C)nn(C)c1F.CCCC[P+](c1ccccc1)(c1ccccc1)c1ccccc1.CI.[I-]. The van der Waals surface area contributed by atoms with Crippen molar-refractivity contribution in [3.63, 3.8) is 0 Å². The summed E-state index contributed by atoms with van der Waals surface area (Å²) < 4.78 is 29.9. The van der Waals surface area contributed by atoms with Gasteiger partial charge in [-0.15, -0.1) is 6.58 Å². The molecule has 2 heterocycles. The lowest BCUT2D eigenvalue weighted by Crippen LogP contribution is -3.00. The van der Waals surface area contributed by atoms with Gasteiger partial charge in [0.1, 0.15) is 34.3 Å². The van der Waals surface area contributed by atoms with Crippen LogP contribution in [0, 0.1) is 25.7 Å². The number of alkyl halides is 1. The summed E-state index contributed by atoms with van der Waals surface area (Å²) in [6.45, 7) is 16.2. The molecule has 72 heavy (non-hydrogen) atoms. The summed E-state index contributed by atoms with van der Waals surface area (Å²) in [4.78, 5) is 38.0. The summed E-state index contributed by atoms with van der Waals surface area (Å²) in [6, 6.07) is 47.5. The second-order valence-electron chi connectivity index (χ2n) is 16.3. The van der Waals surface area contributed by atoms with Crippen LogP contribution in [0.15, 0.2) is 158 Å². The Morgan fingerprint density at radius 3 is 1.31 bits per heavy atom. The number of allylic oxidation sites excluding steroid dienone is 3. The summed E-state index contributed by atoms with van der Waals surface area (Å²) in [6.07, 6.45) is 9.65. The van der Waals surface area contributed by atoms with E-state index in [9.17, 15) is 23.2 Å². The highest BCUT2D eigenvalue weighted by Crippen LogP contribution is 2.55. The minimum absolute atomic E-state index is 0. The monoisotopic (exact) mass is 1220 g/mol. The summed E-state index contributed by atoms with van der Waals surface area (Å²) in [5, 5.41) is 17.6. The van der Waals surface area contributed by atoms with Gasteiger partial charge in [-0.1, -0.05) is 146 Å². The van der Waals surface area contributed by atoms with Gasteiger partial charge in [0.15, 0.2) is 5.78 Å². The second kappa shape index (κ2) is 32.4. The smallest absolute Gasteiger partial charge is 0.262 e. The Kier molecular flexibility index (Phi) is 28.1. The molecule has 0 aliphatic carbocycles. The summed E-state index contributed by atoms with van der Waals surface area (Å²) in [7, 11) is 1.33. The molecule has 0 spiro atoms. The van der Waals surface area contributed by atoms with Crippen molar-refractivity contribution in [1.29, 1.82) is 0 Å². The number of aryl methyl sites for hydroxylation is 4. The highest BCUT2D eigenvalue weighted by atomic mass is 127. The molecule has 7 aromatic rings. The molecule has 2 N–H and O–H groups in total. The van der Waals surface area contributed by atoms with E-state index < -0.39 is 31.0 Å². The molecule has 0 fully saturated rings. The lowest BCUT2D eigenvalue weighted by atomic mass is 10.0. The first-order valence-electron chi connectivity index (χ1n) is 23.5. The number of nitrogens with zero attached hydrogens (tertiary/aromatic N) is 4. The molecular formula is C58H69F2I2N6O3P. The molecule has 0 aliphatic heterocycles. The first-order chi connectivity index (χ1) is 34.2. The van der Waals surface area contributed by atoms with E-state index in [0.717, 1.165) is 33.3 Å². The number of hydrogen-bond acceptors (Lipinski definition) is 5. The lowest BCUT2D eigenvalue weighted by Gasteiger charge is -2.27. The molecule has 2 amide bonds. The standard InChI is InChI=1S/C22H24P.C18H22FN3O.C14H14FN3O2.C3H6.CH3I.HI/c1-2-3-19-23(20-13-7-4-8-14-20,21-15-9-5-10-16-21)22-17-11-6-12-18-22;1-5-6-9-12(2)14-10-7-8-11-15(14)20-18(23)16-13(3)21-22(4)17(16)19;1-8-12(13(15)18(3)17-8)14(20)16-11-7-5-4-6-10(11)9(2)19;1-3-2;1-2;/h4-18H,2-3,19H2,1H3;7-11H,5-6H2,1-4H3,(H,20,23);4-7H,1-3H3,(H,16,20);3H,1H2,2H3;1H3;1H/q+1;;;;;/p-1/b;12-9-;;;;. The molecule has 0 unspecified atom stereocenters. The third kappa shape index (κ3) is 17.0. The van der Waals surface area contributed by atoms with Crippen LogP contribution in [-0.2, 0) is 14.1 Å². The third-order valence-corrected chi connectivity index (χ3v) is 15.6. The van der Waals surface area contributed by atoms with Gasteiger partial charge < -0.3 is 34.6 Å². The van der Waals surface area contributed by atoms with Crippen LogP contribution >= 0.6 is 29.9 Å². The van der Waals surface area contributed by atoms with Crippen molar-refractivity contribution in [3.05, 3.63) is 204 Å². The number of hydrogen-bond donors (Lipinski definition) is 2. The maximum absolute atomic E-state index is 14.0. The zero-order chi connectivity index (χ0) is 52.5. The van der Waals surface area contributed by atoms with E-state index >= 15 is 0 Å². The molecule has 0 atom stereocenters. The van der Waals surface area contributed by atoms with Gasteiger partial charge in [0, 0.05) is 30.9 Å². The van der Waals surface area contributed by atoms with Gasteiger partial charge in [-0.3, -0.25) is 14.4 Å². The number of unbranched alkanes of at least 4 members (excludes halogenated alkanes) is 2. The van der Waals surface area contributed by atoms with Crippen molar-refractivity contribution in [1.82, 2.24) is 19.6 Å². The van der Waals surface area contributed by atoms with Gasteiger partial charge in [0.25, 0.3) is 11.8 Å². The fourth-order valence-corrected chi connectivity index (χ4v) is 12.2. The number of halogens is 4. The summed E-state index contributed by atoms with van der Waals surface area (Å²) >= 11 is 2.15. The van der Waals surface area contributed by atoms with Crippen molar-refractivity contribution >= 4 is 80.3 Å². The number of benzene rings is 5. The number of carbonyl (C=O) groups excluding carboxylic acids is 3. The number of aromatic nitrogens is 4. The summed E-state index contributed by atoms with van der Waals surface area (Å²) in [5.41, 5.74) is 3.97. The fourth-order valence-electron chi connectivity index (χ4n) is 7.73. The van der Waals surface area contributed by atoms with Gasteiger partial charge in [0.05, 0.1) is 23.2 Å². The maximum atomic E-state index is 14.0. The van der Waals surface area contributed by atoms with E-state index in [4.69, 9.17) is 0 Å². The van der Waals surface area contributed by atoms with Crippen LogP contribution < -0.4 is 50.5 Å². The Bertz CT molecular complexity index is 2720. The van der Waals surface area contributed by atoms with Crippen LogP contribution in [0.5, 0.6) is 0 Å². The van der Waals surface area contributed by atoms with Crippen LogP contribution in [0.3, 0.4) is 0 Å². The van der Waals surface area contributed by atoms with Crippen LogP contribution in [0.25, 0.3) is 5.57 Å². The molecule has 0 bridgehead atoms. The van der Waals surface area contributed by atoms with E-state index in [-0.39, 0.29) is 40.9 Å². The quantitative estimate of drug-likeness (QED) is 0.0371. The normalized spacial score (nSPS) is 10.5. The molecule has 5 aromatic carbocycles. The van der Waals surface area contributed by atoms with E-state index in [0.29, 0.717) is 28.3 Å². The number of rotatable bonds is 14. The van der Waals surface area contributed by atoms with Crippen molar-refractivity contribution in [2.45, 2.75) is 74.1 Å². The van der Waals surface area contributed by atoms with Crippen LogP contribution in [0.1, 0.15) is 108 Å². The number of anilines is 2. The Morgan fingerprint density at radius 1 is 0.625 bits per heavy atom. The van der Waals surface area contributed by atoms with Crippen LogP contribution in [0.4, 0.5) is 20.2 Å². The van der Waals surface area contributed by atoms with E-state index in [1.807, 2.05) is 43.0 Å². The fraction of sp³-hybridized carbons (Fsp3) is 0.259. The first kappa shape index (κ1) is 62.5. The molecule has 2 aromatic heterocycles. The minimum atomic E-state index is -1.57. The van der Waals surface area contributed by atoms with Crippen molar-refractivity contribution in [2.75, 3.05) is 21.7 Å². The average molecular weight is 1220 g/mol. The number of ketones is 1. The van der Waals surface area contributed by atoms with Gasteiger partial charge in [-0.25, -0.2) is 9.36 Å². The van der Waals surface area contributed by atoms with Gasteiger partial charge in [-0.05, 0) is 113 Å². The molecule has 9 nitrogen and oxygen atoms in total. The van der Waals surface area contributed by atoms with E-state index in [1.54, 1.807) is 44.2 Å². The van der Waals surface area contributed by atoms with Crippen LogP contribution in [0.2, 0.25) is 0 Å². The predicted molar refractivity (Wildman–Crippen MR) is 304 cm³/mol. The van der Waals surface area contributed by atoms with Crippen LogP contribution in [-0.4, -0.2) is 48.3 Å². The highest BCUT2D eigenvalue weighted by molar-refractivity contribution is 14.1. The van der Waals surface area contributed by atoms with Gasteiger partial charge in [-0.2, -0.15) is 19.0 Å². The Morgan fingerprint density at radius 2 is 0.972 bits per heavy atom. The molecular weight excluding hydrogens is 1150 g/mol. The van der Waals surface area contributed by atoms with Crippen molar-refractivity contribution < 1.29 is 47.1 Å². The first-order valence-corrected chi connectivity index (χ1v) is 27.7.